The first-order valence-electron chi connectivity index (χ1n) is 5.99. The van der Waals surface area contributed by atoms with Crippen molar-refractivity contribution in [3.63, 3.8) is 0 Å². The minimum absolute atomic E-state index is 0.318. The van der Waals surface area contributed by atoms with Gasteiger partial charge in [-0.3, -0.25) is 0 Å². The van der Waals surface area contributed by atoms with Crippen molar-refractivity contribution in [3.8, 4) is 0 Å². The third-order valence-electron chi connectivity index (χ3n) is 3.31. The van der Waals surface area contributed by atoms with Crippen LogP contribution in [0.1, 0.15) is 24.8 Å². The number of aromatic nitrogens is 2. The van der Waals surface area contributed by atoms with E-state index in [1.165, 1.54) is 0 Å². The second kappa shape index (κ2) is 4.50. The van der Waals surface area contributed by atoms with Crippen molar-refractivity contribution in [2.24, 2.45) is 0 Å². The zero-order valence-corrected chi connectivity index (χ0v) is 10.6. The van der Waals surface area contributed by atoms with E-state index in [9.17, 15) is 0 Å². The van der Waals surface area contributed by atoms with Gasteiger partial charge in [-0.15, -0.1) is 10.2 Å². The van der Waals surface area contributed by atoms with Gasteiger partial charge in [0.25, 0.3) is 0 Å². The molecule has 6 heteroatoms. The highest BCUT2D eigenvalue weighted by molar-refractivity contribution is 6.29. The van der Waals surface area contributed by atoms with E-state index in [0.717, 1.165) is 30.4 Å². The molecule has 0 aromatic carbocycles. The Balaban J connectivity index is 2.08. The highest BCUT2D eigenvalue weighted by atomic mass is 35.5. The SMILES string of the molecule is Nc1nnc(Cl)cc1C1=CCCCC12OCCO2. The lowest BCUT2D eigenvalue weighted by Gasteiger charge is -2.33. The Hall–Kier alpha value is -1.17. The smallest absolute Gasteiger partial charge is 0.195 e. The molecule has 0 radical (unpaired) electrons. The number of nitrogen functional groups attached to an aromatic ring is 1. The van der Waals surface area contributed by atoms with Crippen LogP contribution in [0.25, 0.3) is 5.57 Å². The number of anilines is 1. The number of hydrogen-bond acceptors (Lipinski definition) is 5. The van der Waals surface area contributed by atoms with Crippen LogP contribution in [0.2, 0.25) is 5.15 Å². The van der Waals surface area contributed by atoms with Crippen molar-refractivity contribution in [1.29, 1.82) is 0 Å². The molecule has 3 rings (SSSR count). The molecule has 0 amide bonds. The summed E-state index contributed by atoms with van der Waals surface area (Å²) in [6.07, 6.45) is 4.94. The maximum atomic E-state index is 5.89. The van der Waals surface area contributed by atoms with Gasteiger partial charge in [0.05, 0.1) is 13.2 Å². The molecule has 2 N–H and O–H groups in total. The minimum Gasteiger partial charge on any atom is -0.382 e. The Morgan fingerprint density at radius 1 is 1.28 bits per heavy atom. The Morgan fingerprint density at radius 3 is 2.83 bits per heavy atom. The molecule has 1 aromatic heterocycles. The van der Waals surface area contributed by atoms with Crippen molar-refractivity contribution in [2.75, 3.05) is 18.9 Å². The lowest BCUT2D eigenvalue weighted by molar-refractivity contribution is -0.115. The maximum absolute atomic E-state index is 5.89. The zero-order valence-electron chi connectivity index (χ0n) is 9.86. The first-order valence-corrected chi connectivity index (χ1v) is 6.37. The van der Waals surface area contributed by atoms with Crippen molar-refractivity contribution in [1.82, 2.24) is 10.2 Å². The van der Waals surface area contributed by atoms with Crippen molar-refractivity contribution < 1.29 is 9.47 Å². The molecule has 0 bridgehead atoms. The summed E-state index contributed by atoms with van der Waals surface area (Å²) in [5.74, 6) is -0.315. The van der Waals surface area contributed by atoms with Crippen molar-refractivity contribution in [2.45, 2.75) is 25.0 Å². The molecule has 0 saturated carbocycles. The fourth-order valence-electron chi connectivity index (χ4n) is 2.53. The second-order valence-corrected chi connectivity index (χ2v) is 4.81. The molecule has 1 aromatic rings. The molecule has 1 spiro atoms. The fraction of sp³-hybridized carbons (Fsp3) is 0.500. The number of nitrogens with two attached hydrogens (primary N) is 1. The number of ether oxygens (including phenoxy) is 2. The van der Waals surface area contributed by atoms with Gasteiger partial charge in [-0.2, -0.15) is 0 Å². The average Bonchev–Trinajstić information content (AvgIpc) is 2.82. The fourth-order valence-corrected chi connectivity index (χ4v) is 2.68. The van der Waals surface area contributed by atoms with E-state index >= 15 is 0 Å². The zero-order chi connectivity index (χ0) is 12.6. The molecule has 1 saturated heterocycles. The van der Waals surface area contributed by atoms with Crippen LogP contribution < -0.4 is 5.73 Å². The molecule has 2 aliphatic rings. The average molecular weight is 268 g/mol. The third kappa shape index (κ3) is 1.88. The lowest BCUT2D eigenvalue weighted by Crippen LogP contribution is -2.34. The highest BCUT2D eigenvalue weighted by Crippen LogP contribution is 2.43. The summed E-state index contributed by atoms with van der Waals surface area (Å²) in [6, 6.07) is 1.72. The third-order valence-corrected chi connectivity index (χ3v) is 3.49. The van der Waals surface area contributed by atoms with E-state index < -0.39 is 5.79 Å². The number of hydrogen-bond donors (Lipinski definition) is 1. The predicted octanol–water partition coefficient (Wildman–Crippen LogP) is 2.02. The van der Waals surface area contributed by atoms with E-state index in [-0.39, 0.29) is 0 Å². The molecule has 18 heavy (non-hydrogen) atoms. The first-order chi connectivity index (χ1) is 8.71. The topological polar surface area (TPSA) is 70.3 Å². The van der Waals surface area contributed by atoms with Gasteiger partial charge in [-0.25, -0.2) is 0 Å². The van der Waals surface area contributed by atoms with Crippen LogP contribution in [0, 0.1) is 0 Å². The van der Waals surface area contributed by atoms with E-state index in [1.807, 2.05) is 0 Å². The Kier molecular flexibility index (Phi) is 2.97. The second-order valence-electron chi connectivity index (χ2n) is 4.43. The summed E-state index contributed by atoms with van der Waals surface area (Å²) in [6.45, 7) is 1.20. The van der Waals surface area contributed by atoms with E-state index in [4.69, 9.17) is 26.8 Å². The molecular weight excluding hydrogens is 254 g/mol. The van der Waals surface area contributed by atoms with Gasteiger partial charge >= 0.3 is 0 Å². The summed E-state index contributed by atoms with van der Waals surface area (Å²) in [5.41, 5.74) is 7.58. The normalized spacial score (nSPS) is 22.2. The molecule has 96 valence electrons. The predicted molar refractivity (Wildman–Crippen MR) is 67.9 cm³/mol. The van der Waals surface area contributed by atoms with Gasteiger partial charge < -0.3 is 15.2 Å². The molecule has 0 atom stereocenters. The van der Waals surface area contributed by atoms with Gasteiger partial charge in [-0.1, -0.05) is 17.7 Å². The monoisotopic (exact) mass is 267 g/mol. The van der Waals surface area contributed by atoms with Gasteiger partial charge in [-0.05, 0) is 18.9 Å². The number of allylic oxidation sites excluding steroid dienone is 1. The van der Waals surface area contributed by atoms with Crippen LogP contribution in [-0.2, 0) is 9.47 Å². The molecule has 1 aliphatic carbocycles. The summed E-state index contributed by atoms with van der Waals surface area (Å²) in [5, 5.41) is 7.90. The Bertz CT molecular complexity index is 498. The lowest BCUT2D eigenvalue weighted by atomic mass is 9.88. The Labute approximate surface area is 110 Å². The van der Waals surface area contributed by atoms with Crippen LogP contribution in [0.4, 0.5) is 5.82 Å². The van der Waals surface area contributed by atoms with Gasteiger partial charge in [0.2, 0.25) is 0 Å². The number of nitrogens with zero attached hydrogens (tertiary/aromatic N) is 2. The molecule has 1 fully saturated rings. The summed E-state index contributed by atoms with van der Waals surface area (Å²) in [4.78, 5) is 0. The molecule has 5 nitrogen and oxygen atoms in total. The van der Waals surface area contributed by atoms with Gasteiger partial charge in [0.1, 0.15) is 0 Å². The molecule has 2 heterocycles. The van der Waals surface area contributed by atoms with Crippen LogP contribution in [0.3, 0.4) is 0 Å². The van der Waals surface area contributed by atoms with Crippen LogP contribution in [0.15, 0.2) is 12.1 Å². The Morgan fingerprint density at radius 2 is 2.06 bits per heavy atom. The molecular formula is C12H14ClN3O2. The minimum atomic E-state index is -0.668. The maximum Gasteiger partial charge on any atom is 0.195 e. The van der Waals surface area contributed by atoms with Gasteiger partial charge in [0, 0.05) is 17.6 Å². The van der Waals surface area contributed by atoms with Gasteiger partial charge in [0.15, 0.2) is 16.8 Å². The molecule has 0 unspecified atom stereocenters. The van der Waals surface area contributed by atoms with Crippen molar-refractivity contribution in [3.05, 3.63) is 22.9 Å². The van der Waals surface area contributed by atoms with E-state index in [1.54, 1.807) is 6.07 Å². The number of rotatable bonds is 1. The molecule has 1 aliphatic heterocycles. The highest BCUT2D eigenvalue weighted by Gasteiger charge is 2.42. The van der Waals surface area contributed by atoms with Crippen LogP contribution in [0.5, 0.6) is 0 Å². The van der Waals surface area contributed by atoms with Crippen molar-refractivity contribution >= 4 is 23.0 Å². The van der Waals surface area contributed by atoms with Crippen LogP contribution >= 0.6 is 11.6 Å². The largest absolute Gasteiger partial charge is 0.382 e. The summed E-state index contributed by atoms with van der Waals surface area (Å²) < 4.78 is 11.6. The van der Waals surface area contributed by atoms with E-state index in [0.29, 0.717) is 24.2 Å². The summed E-state index contributed by atoms with van der Waals surface area (Å²) in [7, 11) is 0. The quantitative estimate of drug-likeness (QED) is 0.843. The summed E-state index contributed by atoms with van der Waals surface area (Å²) >= 11 is 5.89. The standard InChI is InChI=1S/C12H14ClN3O2/c13-10-7-8(11(14)16-15-10)9-3-1-2-4-12(9)17-5-6-18-12/h3,7H,1-2,4-6H2,(H2,14,16). The number of halogens is 1. The first kappa shape index (κ1) is 11.9. The van der Waals surface area contributed by atoms with E-state index in [2.05, 4.69) is 16.3 Å². The van der Waals surface area contributed by atoms with Crippen LogP contribution in [-0.4, -0.2) is 29.2 Å².